The Morgan fingerprint density at radius 2 is 1.50 bits per heavy atom. The quantitative estimate of drug-likeness (QED) is 0.278. The molecule has 5 nitrogen and oxygen atoms in total. The molecule has 0 aromatic rings. The molecule has 7 heteroatoms. The average Bonchev–Trinajstić information content (AvgIpc) is 1.41. The van der Waals surface area contributed by atoms with Crippen LogP contribution in [0.4, 0.5) is 0 Å². The summed E-state index contributed by atoms with van der Waals surface area (Å²) in [5.74, 6) is 0. The smallest absolute Gasteiger partial charge is 0.750 e. The van der Waals surface area contributed by atoms with E-state index in [-0.39, 0.29) is 35.0 Å². The molecular formula is CH5NaO5S. The van der Waals surface area contributed by atoms with E-state index < -0.39 is 11.4 Å². The van der Waals surface area contributed by atoms with Gasteiger partial charge in [0, 0.05) is 0 Å². The van der Waals surface area contributed by atoms with Crippen molar-refractivity contribution in [1.82, 2.24) is 0 Å². The summed E-state index contributed by atoms with van der Waals surface area (Å²) in [6.45, 7) is 2.00. The Hall–Kier alpha value is 0.700. The van der Waals surface area contributed by atoms with Gasteiger partial charge in [0.25, 0.3) is 0 Å². The zero-order chi connectivity index (χ0) is 5.58. The van der Waals surface area contributed by atoms with Crippen LogP contribution < -0.4 is 29.6 Å². The largest absolute Gasteiger partial charge is 1.00 e. The van der Waals surface area contributed by atoms with Crippen LogP contribution in [-0.2, 0) is 16.2 Å². The van der Waals surface area contributed by atoms with Crippen LogP contribution in [0.3, 0.4) is 0 Å². The van der Waals surface area contributed by atoms with Crippen molar-refractivity contribution in [2.24, 2.45) is 0 Å². The predicted octanol–water partition coefficient (Wildman–Crippen LogP) is -4.67. The van der Waals surface area contributed by atoms with Crippen molar-refractivity contribution >= 4 is 18.2 Å². The van der Waals surface area contributed by atoms with Gasteiger partial charge in [-0.1, -0.05) is 0 Å². The molecule has 1 atom stereocenters. The second-order valence-corrected chi connectivity index (χ2v) is 0.651. The molecule has 0 saturated carbocycles. The summed E-state index contributed by atoms with van der Waals surface area (Å²) in [7, 11) is 0. The Morgan fingerprint density at radius 3 is 1.50 bits per heavy atom. The SMILES string of the molecule is C=O.O.O=S([O-])O.[Na+]. The Morgan fingerprint density at radius 1 is 1.50 bits per heavy atom. The zero-order valence-electron chi connectivity index (χ0n) is 4.29. The summed E-state index contributed by atoms with van der Waals surface area (Å²) in [4.78, 5) is 8.00. The van der Waals surface area contributed by atoms with E-state index in [1.54, 1.807) is 0 Å². The van der Waals surface area contributed by atoms with Gasteiger partial charge in [0.1, 0.15) is 6.79 Å². The first kappa shape index (κ1) is 23.4. The molecule has 0 aromatic carbocycles. The van der Waals surface area contributed by atoms with E-state index in [2.05, 4.69) is 0 Å². The fraction of sp³-hybridized carbons (Fsp3) is 0. The molecule has 46 valence electrons. The Balaban J connectivity index is -0.0000000183. The van der Waals surface area contributed by atoms with Crippen molar-refractivity contribution in [1.29, 1.82) is 0 Å². The summed E-state index contributed by atoms with van der Waals surface area (Å²) in [5, 5.41) is 0. The van der Waals surface area contributed by atoms with Crippen LogP contribution in [0.2, 0.25) is 0 Å². The third-order valence-corrected chi connectivity index (χ3v) is 0. The van der Waals surface area contributed by atoms with Gasteiger partial charge in [-0.25, -0.2) is 4.21 Å². The van der Waals surface area contributed by atoms with Gasteiger partial charge in [-0.3, -0.25) is 0 Å². The first-order valence-corrected chi connectivity index (χ1v) is 1.84. The Bertz CT molecular complexity index is 43.7. The molecule has 3 N–H and O–H groups in total. The molecule has 0 bridgehead atoms. The minimum Gasteiger partial charge on any atom is -0.750 e. The summed E-state index contributed by atoms with van der Waals surface area (Å²) < 4.78 is 24.1. The topological polar surface area (TPSA) is 109 Å². The molecule has 0 aliphatic carbocycles. The summed E-state index contributed by atoms with van der Waals surface area (Å²) in [6, 6.07) is 0. The minimum atomic E-state index is -2.86. The number of hydrogen-bond donors (Lipinski definition) is 1. The predicted molar refractivity (Wildman–Crippen MR) is 22.3 cm³/mol. The second-order valence-electron chi connectivity index (χ2n) is 0.217. The van der Waals surface area contributed by atoms with Crippen molar-refractivity contribution in [2.75, 3.05) is 0 Å². The van der Waals surface area contributed by atoms with Gasteiger partial charge in [-0.15, -0.1) is 0 Å². The van der Waals surface area contributed by atoms with Crippen LogP contribution in [0.5, 0.6) is 0 Å². The molecule has 0 spiro atoms. The van der Waals surface area contributed by atoms with Crippen LogP contribution in [0, 0.1) is 0 Å². The van der Waals surface area contributed by atoms with Gasteiger partial charge in [0.15, 0.2) is 0 Å². The van der Waals surface area contributed by atoms with Crippen molar-refractivity contribution < 1.29 is 53.1 Å². The van der Waals surface area contributed by atoms with E-state index in [0.29, 0.717) is 0 Å². The van der Waals surface area contributed by atoms with Gasteiger partial charge >= 0.3 is 29.6 Å². The molecule has 0 amide bonds. The van der Waals surface area contributed by atoms with E-state index in [1.807, 2.05) is 6.79 Å². The molecule has 8 heavy (non-hydrogen) atoms. The van der Waals surface area contributed by atoms with Gasteiger partial charge in [-0.05, 0) is 0 Å². The summed E-state index contributed by atoms with van der Waals surface area (Å²) >= 11 is -2.86. The molecule has 0 fully saturated rings. The summed E-state index contributed by atoms with van der Waals surface area (Å²) in [5.41, 5.74) is 0. The molecular weight excluding hydrogens is 147 g/mol. The monoisotopic (exact) mass is 152 g/mol. The van der Waals surface area contributed by atoms with Crippen LogP contribution in [0.25, 0.3) is 0 Å². The normalized spacial score (nSPS) is 8.25. The third kappa shape index (κ3) is 444. The van der Waals surface area contributed by atoms with Gasteiger partial charge in [0.05, 0.1) is 11.4 Å². The average molecular weight is 152 g/mol. The van der Waals surface area contributed by atoms with Crippen molar-refractivity contribution in [3.05, 3.63) is 0 Å². The molecule has 0 aliphatic heterocycles. The Kier molecular flexibility index (Phi) is 73.7. The number of carbonyl (C=O) groups is 1. The molecule has 0 radical (unpaired) electrons. The third-order valence-electron chi connectivity index (χ3n) is 0. The van der Waals surface area contributed by atoms with E-state index in [0.717, 1.165) is 0 Å². The molecule has 0 rings (SSSR count). The first-order valence-electron chi connectivity index (χ1n) is 0.805. The van der Waals surface area contributed by atoms with Gasteiger partial charge in [0.2, 0.25) is 0 Å². The molecule has 0 aromatic heterocycles. The maximum Gasteiger partial charge on any atom is 1.00 e. The van der Waals surface area contributed by atoms with Crippen molar-refractivity contribution in [3.63, 3.8) is 0 Å². The molecule has 0 heterocycles. The van der Waals surface area contributed by atoms with E-state index in [9.17, 15) is 0 Å². The summed E-state index contributed by atoms with van der Waals surface area (Å²) in [6.07, 6.45) is 0. The number of rotatable bonds is 0. The van der Waals surface area contributed by atoms with Crippen molar-refractivity contribution in [2.45, 2.75) is 0 Å². The van der Waals surface area contributed by atoms with E-state index >= 15 is 0 Å². The second kappa shape index (κ2) is 25.2. The maximum absolute atomic E-state index is 8.56. The van der Waals surface area contributed by atoms with E-state index in [4.69, 9.17) is 18.1 Å². The fourth-order valence-electron chi connectivity index (χ4n) is 0. The standard InChI is InChI=1S/CH2O.Na.H2O3S.H2O/c1-2;;1-4(2)3;/h1H2;;(H2,1,2,3);1H2/q;+1;;/p-1. The van der Waals surface area contributed by atoms with Crippen molar-refractivity contribution in [3.8, 4) is 0 Å². The Labute approximate surface area is 71.2 Å². The van der Waals surface area contributed by atoms with Crippen LogP contribution in [-0.4, -0.2) is 25.6 Å². The van der Waals surface area contributed by atoms with Crippen LogP contribution in [0.1, 0.15) is 0 Å². The maximum atomic E-state index is 8.56. The van der Waals surface area contributed by atoms with Gasteiger partial charge in [-0.2, -0.15) is 0 Å². The van der Waals surface area contributed by atoms with Crippen LogP contribution >= 0.6 is 0 Å². The fourth-order valence-corrected chi connectivity index (χ4v) is 0. The van der Waals surface area contributed by atoms with Gasteiger partial charge < -0.3 is 19.4 Å². The molecule has 0 aliphatic rings. The zero-order valence-corrected chi connectivity index (χ0v) is 7.10. The number of carbonyl (C=O) groups excluding carboxylic acids is 1. The molecule has 0 saturated heterocycles. The van der Waals surface area contributed by atoms with E-state index in [1.165, 1.54) is 0 Å². The van der Waals surface area contributed by atoms with Crippen LogP contribution in [0.15, 0.2) is 0 Å². The number of hydrogen-bond acceptors (Lipinski definition) is 3. The minimum absolute atomic E-state index is 0. The molecule has 1 unspecified atom stereocenters. The first-order chi connectivity index (χ1) is 2.73.